The second kappa shape index (κ2) is 5.93. The molecule has 0 N–H and O–H groups in total. The Kier molecular flexibility index (Phi) is 4.41. The van der Waals surface area contributed by atoms with E-state index in [1.54, 1.807) is 11.8 Å². The molecule has 0 unspecified atom stereocenters. The smallest absolute Gasteiger partial charge is 0.444 e. The summed E-state index contributed by atoms with van der Waals surface area (Å²) in [4.78, 5) is 26.8. The Balaban J connectivity index is 1.84. The van der Waals surface area contributed by atoms with Gasteiger partial charge >= 0.3 is 11.9 Å². The normalized spacial score (nSPS) is 17.0. The molecule has 1 aliphatic rings. The molecule has 1 aliphatic heterocycles. The van der Waals surface area contributed by atoms with Gasteiger partial charge in [0.1, 0.15) is 11.4 Å². The maximum absolute atomic E-state index is 11.9. The fraction of sp³-hybridized carbons (Fsp3) is 0.714. The molecule has 1 saturated heterocycles. The van der Waals surface area contributed by atoms with Gasteiger partial charge in [-0.05, 0) is 27.7 Å². The van der Waals surface area contributed by atoms with Crippen LogP contribution in [0.25, 0.3) is 0 Å². The van der Waals surface area contributed by atoms with Crippen LogP contribution in [0, 0.1) is 6.92 Å². The number of hydrogen-bond acceptors (Lipinski definition) is 6. The Morgan fingerprint density at radius 3 is 2.29 bits per heavy atom. The summed E-state index contributed by atoms with van der Waals surface area (Å²) in [6.45, 7) is 10.4. The maximum atomic E-state index is 11.9. The molecule has 0 spiro atoms. The number of amides is 1. The Morgan fingerprint density at radius 2 is 1.81 bits per heavy atom. The van der Waals surface area contributed by atoms with Crippen LogP contribution in [0.4, 0.5) is 4.79 Å². The zero-order chi connectivity index (χ0) is 15.6. The minimum absolute atomic E-state index is 0.284. The van der Waals surface area contributed by atoms with Gasteiger partial charge in [-0.3, -0.25) is 4.90 Å². The Labute approximate surface area is 123 Å². The third-order valence-electron chi connectivity index (χ3n) is 3.23. The summed E-state index contributed by atoms with van der Waals surface area (Å²) in [5, 5.41) is 0. The fourth-order valence-corrected chi connectivity index (χ4v) is 2.14. The van der Waals surface area contributed by atoms with E-state index in [4.69, 9.17) is 13.6 Å². The second-order valence-corrected chi connectivity index (χ2v) is 6.18. The van der Waals surface area contributed by atoms with E-state index in [2.05, 4.69) is 4.90 Å². The molecular formula is C14H22N2O5. The molecule has 0 atom stereocenters. The number of nitrogens with zero attached hydrogens (tertiary/aromatic N) is 2. The molecule has 0 radical (unpaired) electrons. The minimum Gasteiger partial charge on any atom is -0.444 e. The van der Waals surface area contributed by atoms with E-state index in [1.165, 1.54) is 0 Å². The highest BCUT2D eigenvalue weighted by atomic mass is 16.6. The number of hydrogen-bond donors (Lipinski definition) is 0. The summed E-state index contributed by atoms with van der Waals surface area (Å²) in [5.41, 5.74) is -0.481. The number of piperazine rings is 1. The molecule has 1 aromatic rings. The molecule has 2 rings (SSSR count). The second-order valence-electron chi connectivity index (χ2n) is 6.18. The SMILES string of the molecule is Cc1oc(=O)oc1CN1CCN(C(=O)OC(C)(C)C)CC1. The minimum atomic E-state index is -0.671. The van der Waals surface area contributed by atoms with Crippen LogP contribution in [0.5, 0.6) is 0 Å². The molecule has 118 valence electrons. The van der Waals surface area contributed by atoms with Gasteiger partial charge in [-0.2, -0.15) is 0 Å². The number of rotatable bonds is 2. The van der Waals surface area contributed by atoms with Crippen LogP contribution in [0.3, 0.4) is 0 Å². The van der Waals surface area contributed by atoms with E-state index in [0.717, 1.165) is 0 Å². The highest BCUT2D eigenvalue weighted by Crippen LogP contribution is 2.14. The van der Waals surface area contributed by atoms with Gasteiger partial charge in [0.25, 0.3) is 0 Å². The topological polar surface area (TPSA) is 76.1 Å². The van der Waals surface area contributed by atoms with E-state index >= 15 is 0 Å². The van der Waals surface area contributed by atoms with Crippen molar-refractivity contribution in [2.75, 3.05) is 26.2 Å². The van der Waals surface area contributed by atoms with E-state index in [1.807, 2.05) is 20.8 Å². The number of aryl methyl sites for hydroxylation is 1. The molecule has 1 amide bonds. The van der Waals surface area contributed by atoms with Crippen LogP contribution < -0.4 is 5.82 Å². The summed E-state index contributed by atoms with van der Waals surface area (Å²) < 4.78 is 15.2. The van der Waals surface area contributed by atoms with Crippen molar-refractivity contribution in [1.82, 2.24) is 9.80 Å². The van der Waals surface area contributed by atoms with Gasteiger partial charge in [-0.25, -0.2) is 9.59 Å². The molecule has 2 heterocycles. The average molecular weight is 298 g/mol. The Hall–Kier alpha value is -1.76. The zero-order valence-electron chi connectivity index (χ0n) is 13.0. The monoisotopic (exact) mass is 298 g/mol. The standard InChI is InChI=1S/C14H22N2O5/c1-10-11(20-13(18)19-10)9-15-5-7-16(8-6-15)12(17)21-14(2,3)4/h5-9H2,1-4H3. The highest BCUT2D eigenvalue weighted by molar-refractivity contribution is 5.68. The molecule has 1 fully saturated rings. The molecule has 21 heavy (non-hydrogen) atoms. The number of carbonyl (C=O) groups is 1. The fourth-order valence-electron chi connectivity index (χ4n) is 2.14. The predicted molar refractivity (Wildman–Crippen MR) is 75.1 cm³/mol. The van der Waals surface area contributed by atoms with Crippen molar-refractivity contribution in [1.29, 1.82) is 0 Å². The molecule has 0 aliphatic carbocycles. The van der Waals surface area contributed by atoms with Crippen molar-refractivity contribution in [2.45, 2.75) is 39.8 Å². The molecule has 0 bridgehead atoms. The van der Waals surface area contributed by atoms with Gasteiger partial charge < -0.3 is 18.5 Å². The van der Waals surface area contributed by atoms with E-state index in [9.17, 15) is 9.59 Å². The third-order valence-corrected chi connectivity index (χ3v) is 3.23. The van der Waals surface area contributed by atoms with Gasteiger partial charge in [0.15, 0.2) is 5.76 Å². The predicted octanol–water partition coefficient (Wildman–Crippen LogP) is 1.59. The van der Waals surface area contributed by atoms with Crippen molar-refractivity contribution < 1.29 is 18.4 Å². The zero-order valence-corrected chi connectivity index (χ0v) is 13.0. The lowest BCUT2D eigenvalue weighted by molar-refractivity contribution is 0.0134. The number of ether oxygens (including phenoxy) is 1. The van der Waals surface area contributed by atoms with Crippen molar-refractivity contribution in [3.63, 3.8) is 0 Å². The van der Waals surface area contributed by atoms with Crippen LogP contribution in [0.2, 0.25) is 0 Å². The molecule has 0 aromatic carbocycles. The van der Waals surface area contributed by atoms with Gasteiger partial charge in [-0.15, -0.1) is 0 Å². The van der Waals surface area contributed by atoms with Crippen LogP contribution in [-0.4, -0.2) is 47.7 Å². The summed E-state index contributed by atoms with van der Waals surface area (Å²) in [5.74, 6) is 0.384. The summed E-state index contributed by atoms with van der Waals surface area (Å²) in [6, 6.07) is 0. The quantitative estimate of drug-likeness (QED) is 0.825. The molecule has 1 aromatic heterocycles. The summed E-state index contributed by atoms with van der Waals surface area (Å²) in [7, 11) is 0. The molecular weight excluding hydrogens is 276 g/mol. The molecule has 7 heteroatoms. The van der Waals surface area contributed by atoms with E-state index < -0.39 is 11.4 Å². The molecule has 7 nitrogen and oxygen atoms in total. The van der Waals surface area contributed by atoms with E-state index in [-0.39, 0.29) is 6.09 Å². The highest BCUT2D eigenvalue weighted by Gasteiger charge is 2.26. The van der Waals surface area contributed by atoms with Crippen molar-refractivity contribution >= 4 is 6.09 Å². The lowest BCUT2D eigenvalue weighted by Crippen LogP contribution is -2.49. The first-order valence-corrected chi connectivity index (χ1v) is 7.04. The van der Waals surface area contributed by atoms with Crippen molar-refractivity contribution in [3.8, 4) is 0 Å². The van der Waals surface area contributed by atoms with Gasteiger partial charge in [0, 0.05) is 26.2 Å². The lowest BCUT2D eigenvalue weighted by Gasteiger charge is -2.35. The van der Waals surface area contributed by atoms with Crippen molar-refractivity contribution in [3.05, 3.63) is 22.1 Å². The number of carbonyl (C=O) groups excluding carboxylic acids is 1. The first kappa shape index (κ1) is 15.6. The van der Waals surface area contributed by atoms with Crippen LogP contribution in [0.15, 0.2) is 13.6 Å². The van der Waals surface area contributed by atoms with Gasteiger partial charge in [0.05, 0.1) is 6.54 Å². The third kappa shape index (κ3) is 4.35. The summed E-state index contributed by atoms with van der Waals surface area (Å²) in [6.07, 6.45) is -0.284. The Bertz CT molecular complexity index is 546. The van der Waals surface area contributed by atoms with Crippen LogP contribution >= 0.6 is 0 Å². The summed E-state index contributed by atoms with van der Waals surface area (Å²) >= 11 is 0. The average Bonchev–Trinajstić information content (AvgIpc) is 2.66. The molecule has 0 saturated carbocycles. The van der Waals surface area contributed by atoms with Crippen LogP contribution in [0.1, 0.15) is 32.3 Å². The maximum Gasteiger partial charge on any atom is 0.519 e. The van der Waals surface area contributed by atoms with Crippen LogP contribution in [-0.2, 0) is 11.3 Å². The van der Waals surface area contributed by atoms with Gasteiger partial charge in [0.2, 0.25) is 0 Å². The Morgan fingerprint density at radius 1 is 1.19 bits per heavy atom. The largest absolute Gasteiger partial charge is 0.519 e. The lowest BCUT2D eigenvalue weighted by atomic mass is 10.2. The van der Waals surface area contributed by atoms with Crippen molar-refractivity contribution in [2.24, 2.45) is 0 Å². The first-order valence-electron chi connectivity index (χ1n) is 7.04. The van der Waals surface area contributed by atoms with E-state index in [0.29, 0.717) is 44.2 Å². The van der Waals surface area contributed by atoms with Gasteiger partial charge in [-0.1, -0.05) is 0 Å². The first-order chi connectivity index (χ1) is 9.74.